The Hall–Kier alpha value is -1.66. The first kappa shape index (κ1) is 12.4. The Balaban J connectivity index is 2.63. The van der Waals surface area contributed by atoms with E-state index in [2.05, 4.69) is 5.32 Å². The number of nitrogen functional groups attached to an aromatic ring is 1. The highest BCUT2D eigenvalue weighted by Crippen LogP contribution is 2.18. The standard InChI is InChI=1S/C10H14FN3O2/c1-14(16-2)6-10(15)13-9-4-3-7(11)5-8(9)12/h3-5H,6,12H2,1-2H3,(H,13,15). The van der Waals surface area contributed by atoms with Crippen molar-refractivity contribution in [3.63, 3.8) is 0 Å². The van der Waals surface area contributed by atoms with Crippen LogP contribution in [-0.2, 0) is 9.63 Å². The summed E-state index contributed by atoms with van der Waals surface area (Å²) in [6.07, 6.45) is 0. The first-order valence-electron chi connectivity index (χ1n) is 4.63. The lowest BCUT2D eigenvalue weighted by Gasteiger charge is -2.13. The SMILES string of the molecule is CON(C)CC(=O)Nc1ccc(F)cc1N. The molecule has 88 valence electrons. The highest BCUT2D eigenvalue weighted by molar-refractivity contribution is 5.94. The Bertz CT molecular complexity index is 384. The van der Waals surface area contributed by atoms with E-state index in [4.69, 9.17) is 10.6 Å². The summed E-state index contributed by atoms with van der Waals surface area (Å²) in [7, 11) is 3.08. The molecular weight excluding hydrogens is 213 g/mol. The van der Waals surface area contributed by atoms with Crippen molar-refractivity contribution in [2.24, 2.45) is 0 Å². The van der Waals surface area contributed by atoms with E-state index in [1.165, 1.54) is 24.3 Å². The fourth-order valence-corrected chi connectivity index (χ4v) is 1.10. The molecule has 6 heteroatoms. The summed E-state index contributed by atoms with van der Waals surface area (Å²) in [6, 6.07) is 3.79. The average Bonchev–Trinajstić information content (AvgIpc) is 2.22. The molecule has 5 nitrogen and oxygen atoms in total. The van der Waals surface area contributed by atoms with Gasteiger partial charge in [-0.15, -0.1) is 0 Å². The monoisotopic (exact) mass is 227 g/mol. The summed E-state index contributed by atoms with van der Waals surface area (Å²) >= 11 is 0. The van der Waals surface area contributed by atoms with Crippen molar-refractivity contribution in [2.75, 3.05) is 31.8 Å². The van der Waals surface area contributed by atoms with Gasteiger partial charge in [-0.25, -0.2) is 4.39 Å². The Morgan fingerprint density at radius 2 is 2.31 bits per heavy atom. The van der Waals surface area contributed by atoms with Gasteiger partial charge in [0.1, 0.15) is 12.4 Å². The molecule has 0 aromatic heterocycles. The largest absolute Gasteiger partial charge is 0.397 e. The number of carbonyl (C=O) groups is 1. The molecule has 0 saturated carbocycles. The molecule has 0 aliphatic heterocycles. The van der Waals surface area contributed by atoms with Gasteiger partial charge < -0.3 is 15.9 Å². The van der Waals surface area contributed by atoms with Crippen LogP contribution in [0.5, 0.6) is 0 Å². The summed E-state index contributed by atoms with van der Waals surface area (Å²) in [5.41, 5.74) is 6.11. The average molecular weight is 227 g/mol. The van der Waals surface area contributed by atoms with Gasteiger partial charge >= 0.3 is 0 Å². The predicted octanol–water partition coefficient (Wildman–Crippen LogP) is 0.840. The summed E-state index contributed by atoms with van der Waals surface area (Å²) in [5, 5.41) is 3.91. The summed E-state index contributed by atoms with van der Waals surface area (Å²) < 4.78 is 12.7. The number of hydrogen-bond donors (Lipinski definition) is 2. The Labute approximate surface area is 92.9 Å². The van der Waals surface area contributed by atoms with Gasteiger partial charge in [-0.2, -0.15) is 5.06 Å². The maximum atomic E-state index is 12.7. The molecule has 0 fully saturated rings. The third kappa shape index (κ3) is 3.48. The molecule has 0 spiro atoms. The molecule has 16 heavy (non-hydrogen) atoms. The topological polar surface area (TPSA) is 67.6 Å². The van der Waals surface area contributed by atoms with Crippen molar-refractivity contribution in [3.8, 4) is 0 Å². The van der Waals surface area contributed by atoms with Crippen molar-refractivity contribution in [3.05, 3.63) is 24.0 Å². The van der Waals surface area contributed by atoms with Crippen LogP contribution < -0.4 is 11.1 Å². The molecular formula is C10H14FN3O2. The van der Waals surface area contributed by atoms with Gasteiger partial charge in [0.15, 0.2) is 0 Å². The fraction of sp³-hybridized carbons (Fsp3) is 0.300. The minimum Gasteiger partial charge on any atom is -0.397 e. The molecule has 0 heterocycles. The maximum absolute atomic E-state index is 12.7. The molecule has 0 atom stereocenters. The van der Waals surface area contributed by atoms with E-state index in [1.807, 2.05) is 0 Å². The first-order valence-corrected chi connectivity index (χ1v) is 4.63. The predicted molar refractivity (Wildman–Crippen MR) is 59.1 cm³/mol. The number of rotatable bonds is 4. The van der Waals surface area contributed by atoms with Gasteiger partial charge in [-0.3, -0.25) is 4.79 Å². The third-order valence-corrected chi connectivity index (χ3v) is 1.97. The molecule has 1 aromatic rings. The second-order valence-electron chi connectivity index (χ2n) is 3.25. The second-order valence-corrected chi connectivity index (χ2v) is 3.25. The van der Waals surface area contributed by atoms with Gasteiger partial charge in [0.25, 0.3) is 0 Å². The van der Waals surface area contributed by atoms with Gasteiger partial charge in [0.2, 0.25) is 5.91 Å². The molecule has 0 bridgehead atoms. The van der Waals surface area contributed by atoms with Crippen LogP contribution in [0.3, 0.4) is 0 Å². The number of carbonyl (C=O) groups excluding carboxylic acids is 1. The van der Waals surface area contributed by atoms with Crippen LogP contribution in [0.15, 0.2) is 18.2 Å². The number of amides is 1. The van der Waals surface area contributed by atoms with Crippen LogP contribution in [0.4, 0.5) is 15.8 Å². The lowest BCUT2D eigenvalue weighted by molar-refractivity contribution is -0.137. The number of nitrogens with two attached hydrogens (primary N) is 1. The van der Waals surface area contributed by atoms with Crippen LogP contribution in [0.1, 0.15) is 0 Å². The zero-order valence-electron chi connectivity index (χ0n) is 9.16. The fourth-order valence-electron chi connectivity index (χ4n) is 1.10. The molecule has 1 rings (SSSR count). The van der Waals surface area contributed by atoms with Crippen LogP contribution in [0, 0.1) is 5.82 Å². The molecule has 0 aliphatic rings. The zero-order valence-corrected chi connectivity index (χ0v) is 9.16. The second kappa shape index (κ2) is 5.43. The number of halogens is 1. The number of hydroxylamine groups is 2. The van der Waals surface area contributed by atoms with E-state index in [-0.39, 0.29) is 18.1 Å². The molecule has 1 aromatic carbocycles. The minimum absolute atomic E-state index is 0.0628. The van der Waals surface area contributed by atoms with Crippen LogP contribution in [-0.4, -0.2) is 31.7 Å². The summed E-state index contributed by atoms with van der Waals surface area (Å²) in [5.74, 6) is -0.729. The van der Waals surface area contributed by atoms with Crippen molar-refractivity contribution >= 4 is 17.3 Å². The van der Waals surface area contributed by atoms with Gasteiger partial charge in [-0.05, 0) is 18.2 Å². The number of nitrogens with one attached hydrogen (secondary N) is 1. The number of nitrogens with zero attached hydrogens (tertiary/aromatic N) is 1. The Morgan fingerprint density at radius 3 is 2.88 bits per heavy atom. The van der Waals surface area contributed by atoms with Gasteiger partial charge in [-0.1, -0.05) is 0 Å². The highest BCUT2D eigenvalue weighted by Gasteiger charge is 2.08. The van der Waals surface area contributed by atoms with E-state index in [1.54, 1.807) is 7.05 Å². The normalized spacial score (nSPS) is 10.5. The van der Waals surface area contributed by atoms with Crippen molar-refractivity contribution in [1.29, 1.82) is 0 Å². The lowest BCUT2D eigenvalue weighted by Crippen LogP contribution is -2.29. The van der Waals surface area contributed by atoms with E-state index in [0.29, 0.717) is 5.69 Å². The molecule has 0 unspecified atom stereocenters. The van der Waals surface area contributed by atoms with Gasteiger partial charge in [0.05, 0.1) is 18.5 Å². The zero-order chi connectivity index (χ0) is 12.1. The molecule has 0 saturated heterocycles. The highest BCUT2D eigenvalue weighted by atomic mass is 19.1. The quantitative estimate of drug-likeness (QED) is 0.591. The van der Waals surface area contributed by atoms with Gasteiger partial charge in [0, 0.05) is 7.05 Å². The van der Waals surface area contributed by atoms with E-state index in [9.17, 15) is 9.18 Å². The van der Waals surface area contributed by atoms with Crippen molar-refractivity contribution in [2.45, 2.75) is 0 Å². The molecule has 0 aliphatic carbocycles. The van der Waals surface area contributed by atoms with Crippen LogP contribution in [0.2, 0.25) is 0 Å². The van der Waals surface area contributed by atoms with E-state index >= 15 is 0 Å². The molecule has 3 N–H and O–H groups in total. The number of benzene rings is 1. The Morgan fingerprint density at radius 1 is 1.62 bits per heavy atom. The van der Waals surface area contributed by atoms with E-state index in [0.717, 1.165) is 6.07 Å². The first-order chi connectivity index (χ1) is 7.52. The van der Waals surface area contributed by atoms with Crippen LogP contribution in [0.25, 0.3) is 0 Å². The van der Waals surface area contributed by atoms with Crippen molar-refractivity contribution in [1.82, 2.24) is 5.06 Å². The smallest absolute Gasteiger partial charge is 0.241 e. The summed E-state index contributed by atoms with van der Waals surface area (Å²) in [4.78, 5) is 16.2. The molecule has 1 amide bonds. The Kier molecular flexibility index (Phi) is 4.21. The summed E-state index contributed by atoms with van der Waals surface area (Å²) in [6.45, 7) is 0.0628. The number of likely N-dealkylation sites (N-methyl/N-ethyl adjacent to an activating group) is 1. The van der Waals surface area contributed by atoms with Crippen LogP contribution >= 0.6 is 0 Å². The third-order valence-electron chi connectivity index (χ3n) is 1.97. The van der Waals surface area contributed by atoms with Crippen molar-refractivity contribution < 1.29 is 14.0 Å². The number of anilines is 2. The lowest BCUT2D eigenvalue weighted by atomic mass is 10.2. The number of hydrogen-bond acceptors (Lipinski definition) is 4. The minimum atomic E-state index is -0.440. The van der Waals surface area contributed by atoms with E-state index < -0.39 is 5.82 Å². The maximum Gasteiger partial charge on any atom is 0.241 e. The molecule has 0 radical (unpaired) electrons.